The summed E-state index contributed by atoms with van der Waals surface area (Å²) in [6.45, 7) is 13.7. The average molecular weight is 423 g/mol. The van der Waals surface area contributed by atoms with Gasteiger partial charge in [0.05, 0.1) is 11.4 Å². The average Bonchev–Trinajstić information content (AvgIpc) is 2.55. The molecule has 1 aliphatic heterocycles. The second kappa shape index (κ2) is 7.61. The van der Waals surface area contributed by atoms with E-state index in [4.69, 9.17) is 21.8 Å². The molecule has 0 atom stereocenters. The molecule has 2 heterocycles. The second-order valence-corrected chi connectivity index (χ2v) is 14.2. The first-order valence-electron chi connectivity index (χ1n) is 9.45. The molecule has 1 aliphatic rings. The van der Waals surface area contributed by atoms with E-state index in [1.165, 1.54) is 18.2 Å². The molecule has 0 amide bonds. The van der Waals surface area contributed by atoms with Crippen molar-refractivity contribution in [2.45, 2.75) is 38.9 Å². The largest absolute Gasteiger partial charge is 0.416 e. The zero-order valence-corrected chi connectivity index (χ0v) is 18.8. The highest BCUT2D eigenvalue weighted by atomic mass is 35.5. The van der Waals surface area contributed by atoms with Crippen LogP contribution in [0.3, 0.4) is 0 Å². The Morgan fingerprint density at radius 2 is 1.93 bits per heavy atom. The lowest BCUT2D eigenvalue weighted by molar-refractivity contribution is 0.203. The van der Waals surface area contributed by atoms with E-state index in [-0.39, 0.29) is 5.04 Å². The normalized spacial score (nSPS) is 15.6. The Kier molecular flexibility index (Phi) is 5.71. The predicted octanol–water partition coefficient (Wildman–Crippen LogP) is 4.98. The molecule has 1 aromatic carbocycles. The molecule has 1 aromatic heterocycles. The van der Waals surface area contributed by atoms with Crippen LogP contribution in [0.2, 0.25) is 23.2 Å². The first kappa shape index (κ1) is 21.0. The van der Waals surface area contributed by atoms with Gasteiger partial charge in [-0.1, -0.05) is 32.4 Å². The van der Waals surface area contributed by atoms with Gasteiger partial charge in [-0.3, -0.25) is 0 Å². The Morgan fingerprint density at radius 3 is 2.54 bits per heavy atom. The summed E-state index contributed by atoms with van der Waals surface area (Å²) in [4.78, 5) is 2.08. The molecule has 0 radical (unpaired) electrons. The van der Waals surface area contributed by atoms with Crippen molar-refractivity contribution in [3.63, 3.8) is 0 Å². The minimum Gasteiger partial charge on any atom is -0.416 e. The molecule has 3 rings (SSSR count). The third kappa shape index (κ3) is 4.31. The number of rotatable bonds is 5. The molecular formula is C20H28ClFN4OSi. The Bertz CT molecular complexity index is 866. The van der Waals surface area contributed by atoms with Crippen LogP contribution >= 0.6 is 11.6 Å². The monoisotopic (exact) mass is 422 g/mol. The van der Waals surface area contributed by atoms with Gasteiger partial charge in [0.15, 0.2) is 14.1 Å². The van der Waals surface area contributed by atoms with Gasteiger partial charge in [-0.2, -0.15) is 0 Å². The van der Waals surface area contributed by atoms with Gasteiger partial charge in [-0.15, -0.1) is 10.2 Å². The first-order valence-corrected chi connectivity index (χ1v) is 12.7. The Hall–Kier alpha value is -1.70. The van der Waals surface area contributed by atoms with Crippen molar-refractivity contribution in [1.82, 2.24) is 10.2 Å². The summed E-state index contributed by atoms with van der Waals surface area (Å²) in [5.74, 6) is 0.688. The fraction of sp³-hybridized carbons (Fsp3) is 0.500. The number of nitrogen functional groups attached to an aromatic ring is 1. The number of anilines is 2. The zero-order chi connectivity index (χ0) is 20.7. The summed E-state index contributed by atoms with van der Waals surface area (Å²) in [5.41, 5.74) is 7.33. The Morgan fingerprint density at radius 1 is 1.25 bits per heavy atom. The Labute approximate surface area is 172 Å². The van der Waals surface area contributed by atoms with Crippen LogP contribution in [0.4, 0.5) is 15.9 Å². The number of nitrogens with zero attached hydrogens (tertiary/aromatic N) is 3. The topological polar surface area (TPSA) is 64.3 Å². The van der Waals surface area contributed by atoms with Crippen molar-refractivity contribution in [2.75, 3.05) is 30.3 Å². The summed E-state index contributed by atoms with van der Waals surface area (Å²) in [5, 5.41) is 9.05. The van der Waals surface area contributed by atoms with Gasteiger partial charge in [0.2, 0.25) is 0 Å². The van der Waals surface area contributed by atoms with Crippen molar-refractivity contribution < 1.29 is 8.82 Å². The molecule has 152 valence electrons. The maximum absolute atomic E-state index is 14.1. The maximum Gasteiger partial charge on any atom is 0.191 e. The summed E-state index contributed by atoms with van der Waals surface area (Å²) < 4.78 is 20.4. The van der Waals surface area contributed by atoms with Crippen molar-refractivity contribution >= 4 is 31.4 Å². The van der Waals surface area contributed by atoms with Gasteiger partial charge in [-0.25, -0.2) is 4.39 Å². The summed E-state index contributed by atoms with van der Waals surface area (Å²) >= 11 is 5.96. The van der Waals surface area contributed by atoms with Crippen molar-refractivity contribution in [3.8, 4) is 11.3 Å². The minimum absolute atomic E-state index is 0.206. The number of halogens is 2. The summed E-state index contributed by atoms with van der Waals surface area (Å²) in [6, 6.07) is 5.98. The quantitative estimate of drug-likeness (QED) is 0.688. The second-order valence-electron chi connectivity index (χ2n) is 8.98. The van der Waals surface area contributed by atoms with E-state index in [1.807, 2.05) is 0 Å². The SMILES string of the molecule is CC(C)(C)[Si](C)(C)OCC1CN(c2nnc(-c3cc(Cl)ccc3F)cc2N)C1. The van der Waals surface area contributed by atoms with Crippen molar-refractivity contribution in [1.29, 1.82) is 0 Å². The van der Waals surface area contributed by atoms with Gasteiger partial charge in [-0.05, 0) is 42.4 Å². The molecule has 0 unspecified atom stereocenters. The van der Waals surface area contributed by atoms with E-state index in [2.05, 4.69) is 49.0 Å². The molecule has 2 N–H and O–H groups in total. The number of hydrogen-bond acceptors (Lipinski definition) is 5. The third-order valence-electron chi connectivity index (χ3n) is 5.75. The van der Waals surface area contributed by atoms with Crippen LogP contribution in [0.1, 0.15) is 20.8 Å². The van der Waals surface area contributed by atoms with Gasteiger partial charge < -0.3 is 15.1 Å². The van der Waals surface area contributed by atoms with Gasteiger partial charge >= 0.3 is 0 Å². The lowest BCUT2D eigenvalue weighted by atomic mass is 10.0. The van der Waals surface area contributed by atoms with Crippen LogP contribution in [0.15, 0.2) is 24.3 Å². The van der Waals surface area contributed by atoms with Crippen LogP contribution in [0.5, 0.6) is 0 Å². The van der Waals surface area contributed by atoms with Gasteiger partial charge in [0.25, 0.3) is 0 Å². The smallest absolute Gasteiger partial charge is 0.191 e. The van der Waals surface area contributed by atoms with E-state index < -0.39 is 14.1 Å². The number of benzene rings is 1. The van der Waals surface area contributed by atoms with Gasteiger partial charge in [0.1, 0.15) is 5.82 Å². The molecule has 0 spiro atoms. The number of nitrogens with two attached hydrogens (primary N) is 1. The maximum atomic E-state index is 14.1. The van der Waals surface area contributed by atoms with Crippen LogP contribution in [-0.2, 0) is 4.43 Å². The molecular weight excluding hydrogens is 395 g/mol. The van der Waals surface area contributed by atoms with E-state index in [1.54, 1.807) is 6.07 Å². The van der Waals surface area contributed by atoms with Crippen LogP contribution in [-0.4, -0.2) is 38.2 Å². The van der Waals surface area contributed by atoms with Crippen LogP contribution < -0.4 is 10.6 Å². The fourth-order valence-electron chi connectivity index (χ4n) is 2.86. The highest BCUT2D eigenvalue weighted by Crippen LogP contribution is 2.38. The molecule has 28 heavy (non-hydrogen) atoms. The molecule has 0 saturated carbocycles. The molecule has 1 fully saturated rings. The highest BCUT2D eigenvalue weighted by molar-refractivity contribution is 6.74. The molecule has 1 saturated heterocycles. The molecule has 0 bridgehead atoms. The zero-order valence-electron chi connectivity index (χ0n) is 17.1. The van der Waals surface area contributed by atoms with E-state index >= 15 is 0 Å². The van der Waals surface area contributed by atoms with E-state index in [0.29, 0.717) is 33.7 Å². The Balaban J connectivity index is 1.63. The summed E-state index contributed by atoms with van der Waals surface area (Å²) in [6.07, 6.45) is 0. The van der Waals surface area contributed by atoms with Crippen LogP contribution in [0, 0.1) is 11.7 Å². The number of hydrogen-bond donors (Lipinski definition) is 1. The van der Waals surface area contributed by atoms with E-state index in [0.717, 1.165) is 19.7 Å². The molecule has 2 aromatic rings. The number of aromatic nitrogens is 2. The van der Waals surface area contributed by atoms with E-state index in [9.17, 15) is 4.39 Å². The third-order valence-corrected chi connectivity index (χ3v) is 10.5. The minimum atomic E-state index is -1.73. The molecule has 0 aliphatic carbocycles. The standard InChI is InChI=1S/C20H28ClFN4OSi/c1-20(2,3)28(4,5)27-12-13-10-26(11-13)19-17(23)9-18(24-25-19)15-8-14(21)6-7-16(15)22/h6-9,13H,10-12H2,1-5H3,(H2,23,24). The lowest BCUT2D eigenvalue weighted by Crippen LogP contribution is -2.52. The highest BCUT2D eigenvalue weighted by Gasteiger charge is 2.39. The van der Waals surface area contributed by atoms with Crippen molar-refractivity contribution in [3.05, 3.63) is 35.1 Å². The first-order chi connectivity index (χ1) is 13.0. The molecule has 8 heteroatoms. The fourth-order valence-corrected chi connectivity index (χ4v) is 4.12. The van der Waals surface area contributed by atoms with Crippen molar-refractivity contribution in [2.24, 2.45) is 5.92 Å². The lowest BCUT2D eigenvalue weighted by Gasteiger charge is -2.43. The predicted molar refractivity (Wildman–Crippen MR) is 116 cm³/mol. The van der Waals surface area contributed by atoms with Crippen LogP contribution in [0.25, 0.3) is 11.3 Å². The summed E-state index contributed by atoms with van der Waals surface area (Å²) in [7, 11) is -1.73. The van der Waals surface area contributed by atoms with Gasteiger partial charge in [0, 0.05) is 36.2 Å². The molecule has 5 nitrogen and oxygen atoms in total.